The largest absolute Gasteiger partial charge is 0.192 e. The van der Waals surface area contributed by atoms with Gasteiger partial charge in [-0.1, -0.05) is 115 Å². The summed E-state index contributed by atoms with van der Waals surface area (Å²) in [5.74, 6) is 0. The van der Waals surface area contributed by atoms with Gasteiger partial charge in [-0.25, -0.2) is 0 Å². The Hall–Kier alpha value is -3.59. The van der Waals surface area contributed by atoms with E-state index < -0.39 is 6.89 Å². The predicted octanol–water partition coefficient (Wildman–Crippen LogP) is 5.12. The van der Waals surface area contributed by atoms with Crippen molar-refractivity contribution in [2.45, 2.75) is 0 Å². The summed E-state index contributed by atoms with van der Waals surface area (Å²) in [6, 6.07) is 42.7. The topological polar surface area (TPSA) is 23.8 Å². The zero-order valence-corrected chi connectivity index (χ0v) is 17.3. The van der Waals surface area contributed by atoms with Crippen LogP contribution in [-0.4, -0.2) is 5.29 Å². The zero-order chi connectivity index (χ0) is 20.4. The highest BCUT2D eigenvalue weighted by Crippen LogP contribution is 2.51. The molecule has 4 aromatic carbocycles. The Morgan fingerprint density at radius 2 is 1.07 bits per heavy atom. The van der Waals surface area contributed by atoms with Gasteiger partial charge in [-0.05, 0) is 45.6 Å². The van der Waals surface area contributed by atoms with Crippen LogP contribution >= 0.6 is 6.89 Å². The number of rotatable bonds is 3. The van der Waals surface area contributed by atoms with E-state index in [0.717, 1.165) is 16.4 Å². The van der Waals surface area contributed by atoms with Crippen LogP contribution in [0.3, 0.4) is 0 Å². The third-order valence-electron chi connectivity index (χ3n) is 5.68. The summed E-state index contributed by atoms with van der Waals surface area (Å²) in [5.41, 5.74) is 3.46. The van der Waals surface area contributed by atoms with Gasteiger partial charge in [-0.3, -0.25) is 0 Å². The Bertz CT molecular complexity index is 1280. The van der Waals surface area contributed by atoms with Crippen LogP contribution in [0, 0.1) is 11.3 Å². The van der Waals surface area contributed by atoms with E-state index in [4.69, 9.17) is 0 Å². The van der Waals surface area contributed by atoms with E-state index in [1.807, 2.05) is 18.2 Å². The van der Waals surface area contributed by atoms with Crippen molar-refractivity contribution in [3.05, 3.63) is 132 Å². The van der Waals surface area contributed by atoms with Gasteiger partial charge < -0.3 is 0 Å². The molecule has 0 saturated carbocycles. The molecule has 1 heterocycles. The second kappa shape index (κ2) is 7.68. The number of hydrogen-bond acceptors (Lipinski definition) is 1. The molecule has 5 rings (SSSR count). The normalized spacial score (nSPS) is 14.4. The number of hydrogen-bond donors (Lipinski definition) is 0. The fourth-order valence-electron chi connectivity index (χ4n) is 4.41. The average Bonchev–Trinajstić information content (AvgIpc) is 2.84. The molecule has 0 fully saturated rings. The number of fused-ring (bicyclic) bond motifs is 1. The SMILES string of the molecule is N#CC1=P(c2ccccc2)(c2ccccc2)c2ccccc2C(c2ccccc2)=C1. The molecule has 0 aliphatic carbocycles. The van der Waals surface area contributed by atoms with Crippen LogP contribution in [0.25, 0.3) is 5.57 Å². The van der Waals surface area contributed by atoms with Gasteiger partial charge in [0.15, 0.2) is 0 Å². The number of nitrogens with zero attached hydrogens (tertiary/aromatic N) is 1. The summed E-state index contributed by atoms with van der Waals surface area (Å²) < 4.78 is 0. The van der Waals surface area contributed by atoms with Crippen LogP contribution in [0.4, 0.5) is 0 Å². The first-order valence-electron chi connectivity index (χ1n) is 10.0. The Kier molecular flexibility index (Phi) is 4.72. The predicted molar refractivity (Wildman–Crippen MR) is 129 cm³/mol. The summed E-state index contributed by atoms with van der Waals surface area (Å²) in [7, 11) is 0. The lowest BCUT2D eigenvalue weighted by Gasteiger charge is -2.35. The molecule has 0 saturated heterocycles. The van der Waals surface area contributed by atoms with Crippen LogP contribution in [0.2, 0.25) is 0 Å². The van der Waals surface area contributed by atoms with E-state index in [0.29, 0.717) is 0 Å². The maximum Gasteiger partial charge on any atom is 0.100 e. The number of allylic oxidation sites excluding steroid dienone is 1. The number of benzene rings is 4. The Morgan fingerprint density at radius 3 is 1.63 bits per heavy atom. The summed E-state index contributed by atoms with van der Waals surface area (Å²) in [6.07, 6.45) is 2.13. The van der Waals surface area contributed by atoms with E-state index in [9.17, 15) is 5.26 Å². The molecule has 2 heteroatoms. The van der Waals surface area contributed by atoms with Gasteiger partial charge in [-0.15, -0.1) is 0 Å². The summed E-state index contributed by atoms with van der Waals surface area (Å²) in [4.78, 5) is 0. The van der Waals surface area contributed by atoms with Crippen LogP contribution < -0.4 is 15.9 Å². The van der Waals surface area contributed by atoms with Crippen molar-refractivity contribution in [1.82, 2.24) is 0 Å². The fourth-order valence-corrected chi connectivity index (χ4v) is 8.66. The lowest BCUT2D eigenvalue weighted by Crippen LogP contribution is -2.33. The fraction of sp³-hybridized carbons (Fsp3) is 0. The standard InChI is InChI=1S/C28H20NP/c29-21-25-20-27(22-12-4-1-5-13-22)26-18-10-11-19-28(26)30(25,23-14-6-2-7-15-23)24-16-8-3-9-17-24/h1-20H. The Labute approximate surface area is 177 Å². The van der Waals surface area contributed by atoms with E-state index in [2.05, 4.69) is 109 Å². The van der Waals surface area contributed by atoms with Crippen molar-refractivity contribution in [2.75, 3.05) is 0 Å². The quantitative estimate of drug-likeness (QED) is 0.437. The van der Waals surface area contributed by atoms with Crippen LogP contribution in [0.5, 0.6) is 0 Å². The maximum absolute atomic E-state index is 10.4. The molecule has 0 amide bonds. The molecule has 0 spiro atoms. The minimum absolute atomic E-state index is 0.845. The van der Waals surface area contributed by atoms with Gasteiger partial charge in [0.2, 0.25) is 0 Å². The van der Waals surface area contributed by atoms with Gasteiger partial charge in [0.25, 0.3) is 0 Å². The molecule has 1 aliphatic rings. The molecule has 0 radical (unpaired) electrons. The van der Waals surface area contributed by atoms with Crippen LogP contribution in [-0.2, 0) is 0 Å². The molecule has 30 heavy (non-hydrogen) atoms. The Balaban J connectivity index is 1.99. The molecular weight excluding hydrogens is 381 g/mol. The van der Waals surface area contributed by atoms with Crippen molar-refractivity contribution in [2.24, 2.45) is 0 Å². The monoisotopic (exact) mass is 401 g/mol. The molecule has 1 aliphatic heterocycles. The van der Waals surface area contributed by atoms with Crippen LogP contribution in [0.15, 0.2) is 121 Å². The lowest BCUT2D eigenvalue weighted by atomic mass is 9.96. The zero-order valence-electron chi connectivity index (χ0n) is 16.4. The second-order valence-electron chi connectivity index (χ2n) is 7.28. The van der Waals surface area contributed by atoms with E-state index in [-0.39, 0.29) is 0 Å². The van der Waals surface area contributed by atoms with Crippen molar-refractivity contribution in [3.8, 4) is 6.07 Å². The van der Waals surface area contributed by atoms with E-state index in [1.165, 1.54) is 21.5 Å². The first-order valence-corrected chi connectivity index (χ1v) is 11.8. The van der Waals surface area contributed by atoms with Gasteiger partial charge in [0, 0.05) is 0 Å². The van der Waals surface area contributed by atoms with Crippen molar-refractivity contribution >= 4 is 33.7 Å². The highest BCUT2D eigenvalue weighted by atomic mass is 31.2. The van der Waals surface area contributed by atoms with Crippen LogP contribution in [0.1, 0.15) is 11.1 Å². The summed E-state index contributed by atoms with van der Waals surface area (Å²) in [6.45, 7) is -2.27. The first-order chi connectivity index (χ1) is 14.9. The summed E-state index contributed by atoms with van der Waals surface area (Å²) in [5, 5.41) is 15.0. The molecule has 0 N–H and O–H groups in total. The Morgan fingerprint density at radius 1 is 0.567 bits per heavy atom. The molecule has 4 aromatic rings. The molecule has 0 bridgehead atoms. The maximum atomic E-state index is 10.4. The second-order valence-corrected chi connectivity index (χ2v) is 10.6. The van der Waals surface area contributed by atoms with E-state index >= 15 is 0 Å². The van der Waals surface area contributed by atoms with Gasteiger partial charge in [-0.2, -0.15) is 5.26 Å². The molecule has 0 atom stereocenters. The lowest BCUT2D eigenvalue weighted by molar-refractivity contribution is 1.55. The van der Waals surface area contributed by atoms with Crippen molar-refractivity contribution in [3.63, 3.8) is 0 Å². The molecule has 142 valence electrons. The van der Waals surface area contributed by atoms with Gasteiger partial charge >= 0.3 is 0 Å². The molecule has 0 aromatic heterocycles. The average molecular weight is 401 g/mol. The van der Waals surface area contributed by atoms with Gasteiger partial charge in [0.1, 0.15) is 6.07 Å². The van der Waals surface area contributed by atoms with Crippen molar-refractivity contribution < 1.29 is 0 Å². The molecule has 1 nitrogen and oxygen atoms in total. The first kappa shape index (κ1) is 18.4. The minimum atomic E-state index is -2.27. The number of nitriles is 1. The van der Waals surface area contributed by atoms with Crippen molar-refractivity contribution in [1.29, 1.82) is 5.26 Å². The molecule has 0 unspecified atom stereocenters. The molecular formula is C28H20NP. The van der Waals surface area contributed by atoms with E-state index in [1.54, 1.807) is 0 Å². The third-order valence-corrected chi connectivity index (χ3v) is 9.89. The third kappa shape index (κ3) is 2.78. The highest BCUT2D eigenvalue weighted by molar-refractivity contribution is 7.96. The highest BCUT2D eigenvalue weighted by Gasteiger charge is 2.34. The minimum Gasteiger partial charge on any atom is -0.192 e. The summed E-state index contributed by atoms with van der Waals surface area (Å²) >= 11 is 0. The van der Waals surface area contributed by atoms with Gasteiger partial charge in [0.05, 0.1) is 5.29 Å². The smallest absolute Gasteiger partial charge is 0.100 e.